The van der Waals surface area contributed by atoms with Crippen LogP contribution < -0.4 is 9.80 Å². The highest BCUT2D eigenvalue weighted by Crippen LogP contribution is 2.31. The van der Waals surface area contributed by atoms with Gasteiger partial charge >= 0.3 is 23.8 Å². The summed E-state index contributed by atoms with van der Waals surface area (Å²) in [6, 6.07) is 11.9. The largest absolute Gasteiger partial charge is 0.465 e. The zero-order chi connectivity index (χ0) is 18.1. The van der Waals surface area contributed by atoms with E-state index in [1.807, 2.05) is 0 Å². The number of anilines is 2. The van der Waals surface area contributed by atoms with Gasteiger partial charge in [-0.05, 0) is 30.7 Å². The Hall–Kier alpha value is -3.48. The molecular weight excluding hydrogens is 324 g/mol. The zero-order valence-corrected chi connectivity index (χ0v) is 13.6. The molecule has 1 heterocycles. The third-order valence-electron chi connectivity index (χ3n) is 3.88. The van der Waals surface area contributed by atoms with Gasteiger partial charge in [0, 0.05) is 0 Å². The molecule has 1 aliphatic heterocycles. The number of carbonyl (C=O) groups excluding carboxylic acids is 4. The average Bonchev–Trinajstić information content (AvgIpc) is 2.84. The number of amides is 4. The van der Waals surface area contributed by atoms with Crippen molar-refractivity contribution in [2.45, 2.75) is 6.92 Å². The van der Waals surface area contributed by atoms with Crippen LogP contribution in [0.25, 0.3) is 0 Å². The van der Waals surface area contributed by atoms with Gasteiger partial charge in [0.15, 0.2) is 0 Å². The Labute approximate surface area is 143 Å². The Kier molecular flexibility index (Phi) is 4.06. The fourth-order valence-electron chi connectivity index (χ4n) is 2.66. The first-order valence-electron chi connectivity index (χ1n) is 7.43. The minimum Gasteiger partial charge on any atom is -0.465 e. The van der Waals surface area contributed by atoms with Crippen LogP contribution in [0.3, 0.4) is 0 Å². The topological polar surface area (TPSA) is 84.0 Å². The molecule has 0 atom stereocenters. The van der Waals surface area contributed by atoms with Gasteiger partial charge in [0.05, 0.1) is 24.0 Å². The van der Waals surface area contributed by atoms with E-state index in [9.17, 15) is 19.2 Å². The third-order valence-corrected chi connectivity index (χ3v) is 3.88. The molecule has 0 unspecified atom stereocenters. The highest BCUT2D eigenvalue weighted by atomic mass is 16.5. The normalized spacial score (nSPS) is 14.2. The van der Waals surface area contributed by atoms with Crippen molar-refractivity contribution in [1.29, 1.82) is 0 Å². The Morgan fingerprint density at radius 2 is 1.36 bits per heavy atom. The summed E-state index contributed by atoms with van der Waals surface area (Å²) in [6.45, 7) is 1.73. The number of carbonyl (C=O) groups is 4. The molecule has 1 aliphatic rings. The molecule has 0 bridgehead atoms. The van der Waals surface area contributed by atoms with Crippen LogP contribution in [0.1, 0.15) is 15.9 Å². The number of hydrogen-bond acceptors (Lipinski definition) is 5. The Bertz CT molecular complexity index is 906. The Morgan fingerprint density at radius 1 is 0.840 bits per heavy atom. The summed E-state index contributed by atoms with van der Waals surface area (Å²) in [5.41, 5.74) is 1.02. The van der Waals surface area contributed by atoms with Gasteiger partial charge in [-0.2, -0.15) is 0 Å². The van der Waals surface area contributed by atoms with Crippen LogP contribution >= 0.6 is 0 Å². The quantitative estimate of drug-likeness (QED) is 0.487. The van der Waals surface area contributed by atoms with E-state index in [1.165, 1.54) is 19.2 Å². The lowest BCUT2D eigenvalue weighted by Crippen LogP contribution is -2.34. The maximum Gasteiger partial charge on any atom is 0.343 e. The highest BCUT2D eigenvalue weighted by Gasteiger charge is 2.47. The van der Waals surface area contributed by atoms with Crippen molar-refractivity contribution in [3.8, 4) is 0 Å². The first-order valence-corrected chi connectivity index (χ1v) is 7.43. The number of esters is 1. The van der Waals surface area contributed by atoms with Gasteiger partial charge in [0.25, 0.3) is 0 Å². The predicted octanol–water partition coefficient (Wildman–Crippen LogP) is 2.28. The summed E-state index contributed by atoms with van der Waals surface area (Å²) >= 11 is 0. The molecule has 1 fully saturated rings. The van der Waals surface area contributed by atoms with E-state index < -0.39 is 23.8 Å². The maximum atomic E-state index is 12.8. The second kappa shape index (κ2) is 6.20. The van der Waals surface area contributed by atoms with Gasteiger partial charge in [-0.15, -0.1) is 0 Å². The number of nitrogens with zero attached hydrogens (tertiary/aromatic N) is 2. The van der Waals surface area contributed by atoms with E-state index in [4.69, 9.17) is 0 Å². The molecule has 4 amide bonds. The lowest BCUT2D eigenvalue weighted by molar-refractivity contribution is -0.133. The first-order chi connectivity index (χ1) is 12.0. The molecule has 126 valence electrons. The standard InChI is InChI=1S/C18H14N2O5/c1-11-7-3-5-9-13(11)19-15(21)16(22)20(18(19)24)14-10-6-4-8-12(14)17(23)25-2/h3-10H,1-2H3. The molecule has 0 aliphatic carbocycles. The van der Waals surface area contributed by atoms with Crippen molar-refractivity contribution in [2.75, 3.05) is 16.9 Å². The van der Waals surface area contributed by atoms with Gasteiger partial charge in [0.1, 0.15) is 0 Å². The van der Waals surface area contributed by atoms with Gasteiger partial charge in [-0.1, -0.05) is 30.3 Å². The summed E-state index contributed by atoms with van der Waals surface area (Å²) < 4.78 is 4.68. The van der Waals surface area contributed by atoms with E-state index in [0.29, 0.717) is 16.2 Å². The zero-order valence-electron chi connectivity index (χ0n) is 13.6. The summed E-state index contributed by atoms with van der Waals surface area (Å²) in [4.78, 5) is 51.1. The Balaban J connectivity index is 2.10. The number of para-hydroxylation sites is 2. The number of imide groups is 2. The molecule has 0 saturated carbocycles. The molecule has 3 rings (SSSR count). The summed E-state index contributed by atoms with van der Waals surface area (Å²) in [5.74, 6) is -2.71. The van der Waals surface area contributed by atoms with Crippen molar-refractivity contribution in [3.63, 3.8) is 0 Å². The molecular formula is C18H14N2O5. The molecule has 2 aromatic rings. The average molecular weight is 338 g/mol. The van der Waals surface area contributed by atoms with Crippen molar-refractivity contribution in [2.24, 2.45) is 0 Å². The van der Waals surface area contributed by atoms with E-state index in [-0.39, 0.29) is 11.3 Å². The SMILES string of the molecule is COC(=O)c1ccccc1N1C(=O)C(=O)N(c2ccccc2C)C1=O. The van der Waals surface area contributed by atoms with E-state index in [1.54, 1.807) is 43.3 Å². The summed E-state index contributed by atoms with van der Waals surface area (Å²) in [6.07, 6.45) is 0. The van der Waals surface area contributed by atoms with Gasteiger partial charge in [-0.25, -0.2) is 19.4 Å². The number of hydrogen-bond donors (Lipinski definition) is 0. The monoisotopic (exact) mass is 338 g/mol. The van der Waals surface area contributed by atoms with Gasteiger partial charge < -0.3 is 4.74 Å². The second-order valence-electron chi connectivity index (χ2n) is 5.36. The lowest BCUT2D eigenvalue weighted by atomic mass is 10.1. The minimum absolute atomic E-state index is 0.00813. The summed E-state index contributed by atoms with van der Waals surface area (Å²) in [7, 11) is 1.19. The van der Waals surface area contributed by atoms with Crippen molar-refractivity contribution >= 4 is 35.2 Å². The van der Waals surface area contributed by atoms with Crippen LogP contribution in [0.2, 0.25) is 0 Å². The minimum atomic E-state index is -1.02. The van der Waals surface area contributed by atoms with E-state index in [2.05, 4.69) is 4.74 Å². The number of ether oxygens (including phenoxy) is 1. The van der Waals surface area contributed by atoms with Crippen LogP contribution in [-0.4, -0.2) is 30.9 Å². The molecule has 0 N–H and O–H groups in total. The van der Waals surface area contributed by atoms with Crippen LogP contribution in [0.4, 0.5) is 16.2 Å². The maximum absolute atomic E-state index is 12.8. The number of benzene rings is 2. The van der Waals surface area contributed by atoms with Crippen LogP contribution in [0.5, 0.6) is 0 Å². The molecule has 1 saturated heterocycles. The first kappa shape index (κ1) is 16.4. The third kappa shape index (κ3) is 2.55. The highest BCUT2D eigenvalue weighted by molar-refractivity contribution is 6.60. The van der Waals surface area contributed by atoms with E-state index >= 15 is 0 Å². The van der Waals surface area contributed by atoms with Gasteiger partial charge in [0.2, 0.25) is 0 Å². The molecule has 0 radical (unpaired) electrons. The van der Waals surface area contributed by atoms with E-state index in [0.717, 1.165) is 4.90 Å². The smallest absolute Gasteiger partial charge is 0.343 e. The molecule has 0 aromatic heterocycles. The van der Waals surface area contributed by atoms with Gasteiger partial charge in [-0.3, -0.25) is 9.59 Å². The Morgan fingerprint density at radius 3 is 1.96 bits per heavy atom. The second-order valence-corrected chi connectivity index (χ2v) is 5.36. The molecule has 25 heavy (non-hydrogen) atoms. The van der Waals surface area contributed by atoms with Crippen LogP contribution in [0, 0.1) is 6.92 Å². The number of rotatable bonds is 3. The molecule has 7 heteroatoms. The van der Waals surface area contributed by atoms with Crippen molar-refractivity contribution < 1.29 is 23.9 Å². The van der Waals surface area contributed by atoms with Crippen molar-refractivity contribution in [3.05, 3.63) is 59.7 Å². The number of urea groups is 1. The predicted molar refractivity (Wildman–Crippen MR) is 89.3 cm³/mol. The fourth-order valence-corrected chi connectivity index (χ4v) is 2.66. The number of aryl methyl sites for hydroxylation is 1. The lowest BCUT2D eigenvalue weighted by Gasteiger charge is -2.18. The van der Waals surface area contributed by atoms with Crippen LogP contribution in [-0.2, 0) is 14.3 Å². The fraction of sp³-hybridized carbons (Fsp3) is 0.111. The molecule has 0 spiro atoms. The molecule has 7 nitrogen and oxygen atoms in total. The summed E-state index contributed by atoms with van der Waals surface area (Å²) in [5, 5.41) is 0. The van der Waals surface area contributed by atoms with Crippen molar-refractivity contribution in [1.82, 2.24) is 0 Å². The number of methoxy groups -OCH3 is 1. The van der Waals surface area contributed by atoms with Crippen LogP contribution in [0.15, 0.2) is 48.5 Å². The molecule has 2 aromatic carbocycles.